The van der Waals surface area contributed by atoms with Gasteiger partial charge in [0.05, 0.1) is 6.10 Å². The maximum atomic E-state index is 12.2. The summed E-state index contributed by atoms with van der Waals surface area (Å²) in [6.07, 6.45) is -0.615. The molecule has 8 nitrogen and oxygen atoms in total. The molecule has 27 heavy (non-hydrogen) atoms. The van der Waals surface area contributed by atoms with E-state index in [1.807, 2.05) is 30.3 Å². The molecular weight excluding hydrogens is 350 g/mol. The number of aromatic nitrogens is 2. The van der Waals surface area contributed by atoms with E-state index in [0.717, 1.165) is 5.56 Å². The zero-order valence-electron chi connectivity index (χ0n) is 15.9. The number of hydrogen-bond donors (Lipinski definition) is 2. The van der Waals surface area contributed by atoms with Gasteiger partial charge < -0.3 is 19.7 Å². The summed E-state index contributed by atoms with van der Waals surface area (Å²) in [5.41, 5.74) is 0.326. The lowest BCUT2D eigenvalue weighted by Crippen LogP contribution is -2.51. The molecule has 1 aromatic carbocycles. The molecule has 1 heterocycles. The van der Waals surface area contributed by atoms with Crippen LogP contribution in [0.2, 0.25) is 0 Å². The maximum absolute atomic E-state index is 12.2. The van der Waals surface area contributed by atoms with Gasteiger partial charge in [-0.15, -0.1) is 0 Å². The van der Waals surface area contributed by atoms with Gasteiger partial charge in [0.15, 0.2) is 18.5 Å². The zero-order chi connectivity index (χ0) is 20.0. The first-order chi connectivity index (χ1) is 12.7. The first-order valence-corrected chi connectivity index (χ1v) is 8.68. The van der Waals surface area contributed by atoms with Crippen LogP contribution in [-0.4, -0.2) is 39.3 Å². The fraction of sp³-hybridized carbons (Fsp3) is 0.474. The molecule has 146 valence electrons. The molecule has 0 aliphatic rings. The van der Waals surface area contributed by atoms with E-state index in [1.165, 1.54) is 6.92 Å². The number of nitrogens with one attached hydrogen (secondary N) is 1. The molecule has 0 spiro atoms. The normalized spacial score (nSPS) is 13.7. The summed E-state index contributed by atoms with van der Waals surface area (Å²) in [5.74, 6) is -0.528. The van der Waals surface area contributed by atoms with Gasteiger partial charge in [0.25, 0.3) is 5.89 Å². The number of aliphatic hydroxyl groups is 1. The van der Waals surface area contributed by atoms with Gasteiger partial charge in [-0.2, -0.15) is 4.98 Å². The molecule has 0 fully saturated rings. The third-order valence-corrected chi connectivity index (χ3v) is 3.76. The van der Waals surface area contributed by atoms with Gasteiger partial charge in [-0.3, -0.25) is 4.79 Å². The molecule has 0 saturated heterocycles. The highest BCUT2D eigenvalue weighted by Gasteiger charge is 2.31. The Kier molecular flexibility index (Phi) is 6.68. The van der Waals surface area contributed by atoms with E-state index in [1.54, 1.807) is 20.8 Å². The average molecular weight is 375 g/mol. The Bertz CT molecular complexity index is 765. The van der Waals surface area contributed by atoms with Gasteiger partial charge in [0.2, 0.25) is 5.91 Å². The van der Waals surface area contributed by atoms with Gasteiger partial charge in [-0.1, -0.05) is 56.3 Å². The molecule has 0 radical (unpaired) electrons. The number of ether oxygens (including phenoxy) is 1. The highest BCUT2D eigenvalue weighted by molar-refractivity contribution is 5.87. The summed E-state index contributed by atoms with van der Waals surface area (Å²) in [6, 6.07) is 8.47. The average Bonchev–Trinajstić information content (AvgIpc) is 3.04. The first kappa shape index (κ1) is 20.6. The molecule has 1 amide bonds. The molecule has 0 aliphatic carbocycles. The van der Waals surface area contributed by atoms with Crippen molar-refractivity contribution in [1.29, 1.82) is 0 Å². The summed E-state index contributed by atoms with van der Waals surface area (Å²) in [7, 11) is 0. The minimum absolute atomic E-state index is 0.140. The Morgan fingerprint density at radius 2 is 1.93 bits per heavy atom. The number of nitrogens with zero attached hydrogens (tertiary/aromatic N) is 2. The fourth-order valence-electron chi connectivity index (χ4n) is 2.16. The standard InChI is InChI=1S/C19H25N3O5/c1-12(23)16(21-18(25)19(2,3)4)17(24)26-11-15-20-14(22-27-15)10-13-8-6-5-7-9-13/h5-9,12,16,23H,10-11H2,1-4H3,(H,21,25). The minimum atomic E-state index is -1.18. The molecule has 2 unspecified atom stereocenters. The van der Waals surface area contributed by atoms with Crippen molar-refractivity contribution in [3.05, 3.63) is 47.6 Å². The number of rotatable bonds is 7. The SMILES string of the molecule is CC(O)C(NC(=O)C(C)(C)C)C(=O)OCc1nc(Cc2ccccc2)no1. The number of aliphatic hydroxyl groups excluding tert-OH is 1. The Balaban J connectivity index is 1.92. The maximum Gasteiger partial charge on any atom is 0.331 e. The summed E-state index contributed by atoms with van der Waals surface area (Å²) in [5, 5.41) is 16.1. The summed E-state index contributed by atoms with van der Waals surface area (Å²) in [6.45, 7) is 6.28. The first-order valence-electron chi connectivity index (χ1n) is 8.68. The second-order valence-corrected chi connectivity index (χ2v) is 7.32. The molecular formula is C19H25N3O5. The summed E-state index contributed by atoms with van der Waals surface area (Å²) >= 11 is 0. The second-order valence-electron chi connectivity index (χ2n) is 7.32. The monoisotopic (exact) mass is 375 g/mol. The summed E-state index contributed by atoms with van der Waals surface area (Å²) in [4.78, 5) is 28.5. The lowest BCUT2D eigenvalue weighted by Gasteiger charge is -2.24. The van der Waals surface area contributed by atoms with Crippen molar-refractivity contribution < 1.29 is 24.0 Å². The Morgan fingerprint density at radius 1 is 1.26 bits per heavy atom. The molecule has 2 rings (SSSR count). The number of carbonyl (C=O) groups is 2. The largest absolute Gasteiger partial charge is 0.454 e. The van der Waals surface area contributed by atoms with E-state index in [4.69, 9.17) is 9.26 Å². The van der Waals surface area contributed by atoms with Gasteiger partial charge in [-0.05, 0) is 12.5 Å². The van der Waals surface area contributed by atoms with Gasteiger partial charge in [0, 0.05) is 11.8 Å². The van der Waals surface area contributed by atoms with Crippen LogP contribution in [0.25, 0.3) is 0 Å². The van der Waals surface area contributed by atoms with Crippen LogP contribution < -0.4 is 5.32 Å². The van der Waals surface area contributed by atoms with Crippen molar-refractivity contribution in [1.82, 2.24) is 15.5 Å². The molecule has 8 heteroatoms. The van der Waals surface area contributed by atoms with Crippen LogP contribution in [0.1, 0.15) is 45.0 Å². The molecule has 0 bridgehead atoms. The third kappa shape index (κ3) is 6.18. The van der Waals surface area contributed by atoms with Gasteiger partial charge in [-0.25, -0.2) is 4.79 Å². The van der Waals surface area contributed by atoms with Crippen molar-refractivity contribution in [3.63, 3.8) is 0 Å². The predicted octanol–water partition coefficient (Wildman–Crippen LogP) is 1.62. The van der Waals surface area contributed by atoms with Crippen molar-refractivity contribution in [2.45, 2.75) is 52.9 Å². The summed E-state index contributed by atoms with van der Waals surface area (Å²) < 4.78 is 10.2. The van der Waals surface area contributed by atoms with Crippen LogP contribution in [0.15, 0.2) is 34.9 Å². The topological polar surface area (TPSA) is 115 Å². The fourth-order valence-corrected chi connectivity index (χ4v) is 2.16. The third-order valence-electron chi connectivity index (χ3n) is 3.76. The molecule has 0 saturated carbocycles. The number of carbonyl (C=O) groups excluding carboxylic acids is 2. The highest BCUT2D eigenvalue weighted by Crippen LogP contribution is 2.14. The van der Waals surface area contributed by atoms with E-state index in [0.29, 0.717) is 12.2 Å². The smallest absolute Gasteiger partial charge is 0.331 e. The van der Waals surface area contributed by atoms with Crippen LogP contribution >= 0.6 is 0 Å². The van der Waals surface area contributed by atoms with Crippen LogP contribution in [0, 0.1) is 5.41 Å². The minimum Gasteiger partial charge on any atom is -0.454 e. The second kappa shape index (κ2) is 8.77. The Hall–Kier alpha value is -2.74. The van der Waals surface area contributed by atoms with E-state index < -0.39 is 23.5 Å². The Morgan fingerprint density at radius 3 is 2.52 bits per heavy atom. The lowest BCUT2D eigenvalue weighted by atomic mass is 9.95. The predicted molar refractivity (Wildman–Crippen MR) is 96.4 cm³/mol. The number of benzene rings is 1. The van der Waals surface area contributed by atoms with Crippen LogP contribution in [0.4, 0.5) is 0 Å². The number of hydrogen-bond acceptors (Lipinski definition) is 7. The van der Waals surface area contributed by atoms with Crippen molar-refractivity contribution in [2.75, 3.05) is 0 Å². The molecule has 0 aliphatic heterocycles. The highest BCUT2D eigenvalue weighted by atomic mass is 16.6. The molecule has 2 N–H and O–H groups in total. The van der Waals surface area contributed by atoms with Gasteiger partial charge >= 0.3 is 5.97 Å². The zero-order valence-corrected chi connectivity index (χ0v) is 15.9. The number of esters is 1. The van der Waals surface area contributed by atoms with Gasteiger partial charge in [0.1, 0.15) is 0 Å². The quantitative estimate of drug-likeness (QED) is 0.707. The van der Waals surface area contributed by atoms with Crippen LogP contribution in [0.5, 0.6) is 0 Å². The lowest BCUT2D eigenvalue weighted by molar-refractivity contribution is -0.153. The van der Waals surface area contributed by atoms with Crippen LogP contribution in [0.3, 0.4) is 0 Å². The number of amides is 1. The van der Waals surface area contributed by atoms with E-state index in [2.05, 4.69) is 15.5 Å². The molecule has 2 aromatic rings. The Labute approximate surface area is 157 Å². The van der Waals surface area contributed by atoms with Crippen molar-refractivity contribution in [2.24, 2.45) is 5.41 Å². The van der Waals surface area contributed by atoms with Crippen molar-refractivity contribution in [3.8, 4) is 0 Å². The van der Waals surface area contributed by atoms with E-state index >= 15 is 0 Å². The molecule has 2 atom stereocenters. The van der Waals surface area contributed by atoms with E-state index in [9.17, 15) is 14.7 Å². The van der Waals surface area contributed by atoms with E-state index in [-0.39, 0.29) is 18.4 Å². The van der Waals surface area contributed by atoms with Crippen LogP contribution in [-0.2, 0) is 27.4 Å². The molecule has 1 aromatic heterocycles. The van der Waals surface area contributed by atoms with Crippen molar-refractivity contribution >= 4 is 11.9 Å².